The molecule has 1 aliphatic heterocycles. The zero-order chi connectivity index (χ0) is 17.1. The molecule has 6 nitrogen and oxygen atoms in total. The van der Waals surface area contributed by atoms with Gasteiger partial charge in [0.15, 0.2) is 5.69 Å². The number of nitrogens with one attached hydrogen (secondary N) is 1. The summed E-state index contributed by atoms with van der Waals surface area (Å²) in [5.74, 6) is 0.498. The van der Waals surface area contributed by atoms with E-state index in [2.05, 4.69) is 26.6 Å². The van der Waals surface area contributed by atoms with Crippen LogP contribution in [-0.4, -0.2) is 27.6 Å². The number of anilines is 2. The van der Waals surface area contributed by atoms with Gasteiger partial charge in [0.05, 0.1) is 12.2 Å². The van der Waals surface area contributed by atoms with Crippen LogP contribution in [0.5, 0.6) is 0 Å². The smallest absolute Gasteiger partial charge is 0.278 e. The van der Waals surface area contributed by atoms with E-state index in [1.807, 2.05) is 36.4 Å². The SMILES string of the molecule is O=C(c1ccc(NCc2ccccn2)nn1)N1CCc2ccccc21. The Morgan fingerprint density at radius 3 is 2.72 bits per heavy atom. The van der Waals surface area contributed by atoms with Gasteiger partial charge in [0, 0.05) is 18.4 Å². The highest BCUT2D eigenvalue weighted by Gasteiger charge is 2.26. The molecule has 2 aromatic heterocycles. The second kappa shape index (κ2) is 6.68. The van der Waals surface area contributed by atoms with Crippen molar-refractivity contribution in [3.63, 3.8) is 0 Å². The molecular formula is C19H17N5O. The maximum atomic E-state index is 12.7. The lowest BCUT2D eigenvalue weighted by molar-refractivity contribution is 0.0983. The van der Waals surface area contributed by atoms with Crippen molar-refractivity contribution in [1.82, 2.24) is 15.2 Å². The predicted octanol–water partition coefficient (Wildman–Crippen LogP) is 2.69. The van der Waals surface area contributed by atoms with E-state index in [1.165, 1.54) is 5.56 Å². The van der Waals surface area contributed by atoms with E-state index in [-0.39, 0.29) is 5.91 Å². The third-order valence-corrected chi connectivity index (χ3v) is 4.19. The number of benzene rings is 1. The average molecular weight is 331 g/mol. The van der Waals surface area contributed by atoms with E-state index >= 15 is 0 Å². The van der Waals surface area contributed by atoms with Crippen molar-refractivity contribution >= 4 is 17.4 Å². The minimum Gasteiger partial charge on any atom is -0.363 e. The fraction of sp³-hybridized carbons (Fsp3) is 0.158. The second-order valence-corrected chi connectivity index (χ2v) is 5.81. The van der Waals surface area contributed by atoms with Crippen molar-refractivity contribution in [2.24, 2.45) is 0 Å². The molecule has 0 unspecified atom stereocenters. The lowest BCUT2D eigenvalue weighted by Gasteiger charge is -2.16. The zero-order valence-corrected chi connectivity index (χ0v) is 13.6. The van der Waals surface area contributed by atoms with Gasteiger partial charge in [-0.05, 0) is 42.3 Å². The number of pyridine rings is 1. The number of hydrogen-bond donors (Lipinski definition) is 1. The Bertz CT molecular complexity index is 880. The van der Waals surface area contributed by atoms with Gasteiger partial charge in [0.2, 0.25) is 0 Å². The monoisotopic (exact) mass is 331 g/mol. The fourth-order valence-electron chi connectivity index (χ4n) is 2.91. The minimum atomic E-state index is -0.117. The minimum absolute atomic E-state index is 0.117. The van der Waals surface area contributed by atoms with E-state index in [1.54, 1.807) is 23.2 Å². The van der Waals surface area contributed by atoms with Gasteiger partial charge in [-0.15, -0.1) is 10.2 Å². The average Bonchev–Trinajstić information content (AvgIpc) is 3.11. The van der Waals surface area contributed by atoms with Crippen molar-refractivity contribution in [2.75, 3.05) is 16.8 Å². The number of fused-ring (bicyclic) bond motifs is 1. The highest BCUT2D eigenvalue weighted by Crippen LogP contribution is 2.28. The van der Waals surface area contributed by atoms with Crippen LogP contribution < -0.4 is 10.2 Å². The summed E-state index contributed by atoms with van der Waals surface area (Å²) in [7, 11) is 0. The van der Waals surface area contributed by atoms with Crippen molar-refractivity contribution in [3.05, 3.63) is 77.7 Å². The third-order valence-electron chi connectivity index (χ3n) is 4.19. The zero-order valence-electron chi connectivity index (χ0n) is 13.6. The van der Waals surface area contributed by atoms with E-state index in [0.717, 1.165) is 17.8 Å². The lowest BCUT2D eigenvalue weighted by Crippen LogP contribution is -2.29. The summed E-state index contributed by atoms with van der Waals surface area (Å²) in [6, 6.07) is 17.2. The molecule has 0 saturated heterocycles. The molecule has 0 saturated carbocycles. The molecule has 25 heavy (non-hydrogen) atoms. The van der Waals surface area contributed by atoms with Crippen LogP contribution >= 0.6 is 0 Å². The molecule has 1 N–H and O–H groups in total. The first-order valence-electron chi connectivity index (χ1n) is 8.18. The summed E-state index contributed by atoms with van der Waals surface area (Å²) in [5, 5.41) is 11.3. The quantitative estimate of drug-likeness (QED) is 0.796. The summed E-state index contributed by atoms with van der Waals surface area (Å²) in [5.41, 5.74) is 3.42. The van der Waals surface area contributed by atoms with Gasteiger partial charge in [0.1, 0.15) is 5.82 Å². The van der Waals surface area contributed by atoms with Gasteiger partial charge in [0.25, 0.3) is 5.91 Å². The normalized spacial score (nSPS) is 12.7. The molecule has 6 heteroatoms. The van der Waals surface area contributed by atoms with Crippen LogP contribution in [0.3, 0.4) is 0 Å². The summed E-state index contributed by atoms with van der Waals surface area (Å²) >= 11 is 0. The molecular weight excluding hydrogens is 314 g/mol. The second-order valence-electron chi connectivity index (χ2n) is 5.81. The third kappa shape index (κ3) is 3.19. The van der Waals surface area contributed by atoms with Gasteiger partial charge in [-0.25, -0.2) is 0 Å². The van der Waals surface area contributed by atoms with E-state index in [4.69, 9.17) is 0 Å². The molecule has 1 amide bonds. The van der Waals surface area contributed by atoms with Crippen molar-refractivity contribution in [1.29, 1.82) is 0 Å². The van der Waals surface area contributed by atoms with E-state index in [9.17, 15) is 4.79 Å². The molecule has 0 spiro atoms. The Labute approximate surface area is 145 Å². The standard InChI is InChI=1S/C19H17N5O/c25-19(24-12-10-14-5-1-2-7-17(14)24)16-8-9-18(23-22-16)21-13-15-6-3-4-11-20-15/h1-9,11H,10,12-13H2,(H,21,23). The first-order valence-corrected chi connectivity index (χ1v) is 8.18. The fourth-order valence-corrected chi connectivity index (χ4v) is 2.91. The molecule has 0 atom stereocenters. The van der Waals surface area contributed by atoms with Gasteiger partial charge in [-0.3, -0.25) is 9.78 Å². The lowest BCUT2D eigenvalue weighted by atomic mass is 10.2. The van der Waals surface area contributed by atoms with Crippen LogP contribution in [0.25, 0.3) is 0 Å². The van der Waals surface area contributed by atoms with E-state index < -0.39 is 0 Å². The van der Waals surface area contributed by atoms with Crippen LogP contribution in [0.4, 0.5) is 11.5 Å². The van der Waals surface area contributed by atoms with Gasteiger partial charge in [-0.1, -0.05) is 24.3 Å². The van der Waals surface area contributed by atoms with Gasteiger partial charge in [-0.2, -0.15) is 0 Å². The molecule has 0 fully saturated rings. The van der Waals surface area contributed by atoms with Crippen molar-refractivity contribution in [3.8, 4) is 0 Å². The Morgan fingerprint density at radius 2 is 1.92 bits per heavy atom. The highest BCUT2D eigenvalue weighted by molar-refractivity contribution is 6.06. The van der Waals surface area contributed by atoms with Crippen LogP contribution in [0, 0.1) is 0 Å². The summed E-state index contributed by atoms with van der Waals surface area (Å²) in [6.45, 7) is 1.24. The van der Waals surface area contributed by atoms with Crippen molar-refractivity contribution < 1.29 is 4.79 Å². The summed E-state index contributed by atoms with van der Waals surface area (Å²) in [6.07, 6.45) is 2.62. The summed E-state index contributed by atoms with van der Waals surface area (Å²) in [4.78, 5) is 18.7. The molecule has 0 aliphatic carbocycles. The largest absolute Gasteiger partial charge is 0.363 e. The Morgan fingerprint density at radius 1 is 1.04 bits per heavy atom. The Balaban J connectivity index is 1.44. The maximum absolute atomic E-state index is 12.7. The molecule has 0 bridgehead atoms. The molecule has 1 aliphatic rings. The number of carbonyl (C=O) groups is 1. The number of nitrogens with zero attached hydrogens (tertiary/aromatic N) is 4. The molecule has 124 valence electrons. The molecule has 0 radical (unpaired) electrons. The van der Waals surface area contributed by atoms with Crippen LogP contribution in [0.15, 0.2) is 60.8 Å². The van der Waals surface area contributed by atoms with Crippen molar-refractivity contribution in [2.45, 2.75) is 13.0 Å². The van der Waals surface area contributed by atoms with Crippen LogP contribution in [-0.2, 0) is 13.0 Å². The molecule has 3 heterocycles. The van der Waals surface area contributed by atoms with Crippen LogP contribution in [0.2, 0.25) is 0 Å². The maximum Gasteiger partial charge on any atom is 0.278 e. The molecule has 1 aromatic carbocycles. The Kier molecular flexibility index (Phi) is 4.08. The first-order chi connectivity index (χ1) is 12.3. The predicted molar refractivity (Wildman–Crippen MR) is 95.4 cm³/mol. The van der Waals surface area contributed by atoms with E-state index in [0.29, 0.717) is 24.6 Å². The number of para-hydroxylation sites is 1. The number of amides is 1. The number of aromatic nitrogens is 3. The van der Waals surface area contributed by atoms with Crippen LogP contribution in [0.1, 0.15) is 21.7 Å². The van der Waals surface area contributed by atoms with Gasteiger partial charge >= 0.3 is 0 Å². The topological polar surface area (TPSA) is 71.0 Å². The van der Waals surface area contributed by atoms with Gasteiger partial charge < -0.3 is 10.2 Å². The first kappa shape index (κ1) is 15.3. The number of rotatable bonds is 4. The number of hydrogen-bond acceptors (Lipinski definition) is 5. The highest BCUT2D eigenvalue weighted by atomic mass is 16.2. The number of carbonyl (C=O) groups excluding carboxylic acids is 1. The Hall–Kier alpha value is -3.28. The summed E-state index contributed by atoms with van der Waals surface area (Å²) < 4.78 is 0. The molecule has 4 rings (SSSR count). The molecule has 3 aromatic rings.